The Morgan fingerprint density at radius 1 is 1.30 bits per heavy atom. The normalized spacial score (nSPS) is 12.9. The number of hydrogen-bond acceptors (Lipinski definition) is 5. The van der Waals surface area contributed by atoms with Crippen molar-refractivity contribution >= 4 is 24.3 Å². The molecule has 0 aliphatic heterocycles. The first-order valence-electron chi connectivity index (χ1n) is 7.43. The summed E-state index contributed by atoms with van der Waals surface area (Å²) in [5.74, 6) is 0.877. The Bertz CT molecular complexity index is 521. The smallest absolute Gasteiger partial charge is 0.343 e. The maximum absolute atomic E-state index is 11.7. The van der Waals surface area contributed by atoms with Crippen molar-refractivity contribution < 1.29 is 19.1 Å². The summed E-state index contributed by atoms with van der Waals surface area (Å²) >= 11 is 0. The number of hydrogen-bond donors (Lipinski definition) is 2. The van der Waals surface area contributed by atoms with Gasteiger partial charge in [-0.3, -0.25) is 4.79 Å². The molecule has 1 aromatic carbocycles. The van der Waals surface area contributed by atoms with E-state index in [0.717, 1.165) is 18.0 Å². The molecule has 0 bridgehead atoms. The van der Waals surface area contributed by atoms with E-state index in [1.165, 1.54) is 20.0 Å². The largest absolute Gasteiger partial charge is 0.482 e. The number of carbonyl (C=O) groups is 2. The summed E-state index contributed by atoms with van der Waals surface area (Å²) in [7, 11) is 1.31. The monoisotopic (exact) mass is 342 g/mol. The Hall–Kier alpha value is -1.79. The van der Waals surface area contributed by atoms with Gasteiger partial charge in [-0.15, -0.1) is 12.4 Å². The van der Waals surface area contributed by atoms with Crippen molar-refractivity contribution in [2.24, 2.45) is 5.92 Å². The Morgan fingerprint density at radius 3 is 2.78 bits per heavy atom. The number of amides is 1. The van der Waals surface area contributed by atoms with Crippen LogP contribution in [0.2, 0.25) is 0 Å². The van der Waals surface area contributed by atoms with Crippen molar-refractivity contribution in [2.75, 3.05) is 26.8 Å². The van der Waals surface area contributed by atoms with Gasteiger partial charge in [-0.1, -0.05) is 12.1 Å². The predicted molar refractivity (Wildman–Crippen MR) is 88.6 cm³/mol. The number of benzene rings is 1. The zero-order chi connectivity index (χ0) is 15.8. The van der Waals surface area contributed by atoms with E-state index in [4.69, 9.17) is 4.74 Å². The molecule has 0 atom stereocenters. The number of methoxy groups -OCH3 is 1. The number of ether oxygens (including phenoxy) is 2. The van der Waals surface area contributed by atoms with Crippen molar-refractivity contribution in [3.05, 3.63) is 29.8 Å². The van der Waals surface area contributed by atoms with Gasteiger partial charge in [0, 0.05) is 6.54 Å². The quantitative estimate of drug-likeness (QED) is 0.661. The molecule has 1 amide bonds. The average Bonchev–Trinajstić information content (AvgIpc) is 3.35. The molecule has 128 valence electrons. The lowest BCUT2D eigenvalue weighted by Gasteiger charge is -2.09. The molecule has 1 aromatic rings. The molecule has 0 saturated heterocycles. The van der Waals surface area contributed by atoms with E-state index in [9.17, 15) is 9.59 Å². The van der Waals surface area contributed by atoms with Crippen LogP contribution < -0.4 is 15.4 Å². The van der Waals surface area contributed by atoms with Crippen LogP contribution in [-0.4, -0.2) is 38.7 Å². The second-order valence-corrected chi connectivity index (χ2v) is 5.36. The van der Waals surface area contributed by atoms with Gasteiger partial charge in [-0.25, -0.2) is 4.79 Å². The molecule has 1 aliphatic rings. The summed E-state index contributed by atoms with van der Waals surface area (Å²) in [5, 5.41) is 5.99. The standard InChI is InChI=1S/C16H22N2O4.ClH/c1-21-16(20)11-22-14-4-2-3-13(7-14)9-18-15(19)10-17-8-12-5-6-12;/h2-4,7,12,17H,5-6,8-11H2,1H3,(H,18,19);1H. The lowest BCUT2D eigenvalue weighted by atomic mass is 10.2. The van der Waals surface area contributed by atoms with Gasteiger partial charge < -0.3 is 20.1 Å². The molecule has 23 heavy (non-hydrogen) atoms. The molecule has 1 saturated carbocycles. The lowest BCUT2D eigenvalue weighted by Crippen LogP contribution is -2.34. The molecule has 6 nitrogen and oxygen atoms in total. The van der Waals surface area contributed by atoms with Gasteiger partial charge >= 0.3 is 5.97 Å². The fourth-order valence-corrected chi connectivity index (χ4v) is 1.92. The molecule has 0 heterocycles. The van der Waals surface area contributed by atoms with Gasteiger partial charge in [-0.2, -0.15) is 0 Å². The van der Waals surface area contributed by atoms with E-state index < -0.39 is 5.97 Å². The van der Waals surface area contributed by atoms with Crippen LogP contribution >= 0.6 is 12.4 Å². The number of rotatable bonds is 9. The molecular formula is C16H23ClN2O4. The van der Waals surface area contributed by atoms with Gasteiger partial charge in [0.15, 0.2) is 6.61 Å². The second-order valence-electron chi connectivity index (χ2n) is 5.36. The topological polar surface area (TPSA) is 76.7 Å². The zero-order valence-electron chi connectivity index (χ0n) is 13.2. The minimum absolute atomic E-state index is 0. The minimum Gasteiger partial charge on any atom is -0.482 e. The molecule has 1 aliphatic carbocycles. The number of nitrogens with one attached hydrogen (secondary N) is 2. The first-order valence-corrected chi connectivity index (χ1v) is 7.43. The second kappa shape index (κ2) is 10.1. The average molecular weight is 343 g/mol. The molecule has 2 N–H and O–H groups in total. The van der Waals surface area contributed by atoms with Crippen LogP contribution in [0.25, 0.3) is 0 Å². The van der Waals surface area contributed by atoms with E-state index >= 15 is 0 Å². The molecule has 0 unspecified atom stereocenters. The Kier molecular flexibility index (Phi) is 8.43. The fourth-order valence-electron chi connectivity index (χ4n) is 1.92. The Morgan fingerprint density at radius 2 is 2.09 bits per heavy atom. The van der Waals surface area contributed by atoms with Gasteiger partial charge in [0.25, 0.3) is 0 Å². The lowest BCUT2D eigenvalue weighted by molar-refractivity contribution is -0.142. The summed E-state index contributed by atoms with van der Waals surface area (Å²) in [6, 6.07) is 7.26. The Labute approximate surface area is 142 Å². The first-order chi connectivity index (χ1) is 10.7. The third kappa shape index (κ3) is 7.85. The van der Waals surface area contributed by atoms with Crippen LogP contribution in [0.5, 0.6) is 5.75 Å². The predicted octanol–water partition coefficient (Wildman–Crippen LogP) is 1.28. The van der Waals surface area contributed by atoms with Crippen molar-refractivity contribution in [3.63, 3.8) is 0 Å². The molecule has 7 heteroatoms. The molecular weight excluding hydrogens is 320 g/mol. The summed E-state index contributed by atoms with van der Waals surface area (Å²) in [6.45, 7) is 1.57. The highest BCUT2D eigenvalue weighted by Crippen LogP contribution is 2.27. The van der Waals surface area contributed by atoms with Gasteiger partial charge in [0.1, 0.15) is 5.75 Å². The number of carbonyl (C=O) groups excluding carboxylic acids is 2. The number of halogens is 1. The third-order valence-corrected chi connectivity index (χ3v) is 3.39. The van der Waals surface area contributed by atoms with Crippen molar-refractivity contribution in [2.45, 2.75) is 19.4 Å². The molecule has 0 radical (unpaired) electrons. The highest BCUT2D eigenvalue weighted by Gasteiger charge is 2.20. The Balaban J connectivity index is 0.00000264. The van der Waals surface area contributed by atoms with Crippen LogP contribution in [-0.2, 0) is 20.9 Å². The van der Waals surface area contributed by atoms with Crippen LogP contribution in [0.15, 0.2) is 24.3 Å². The summed E-state index contributed by atoms with van der Waals surface area (Å²) in [6.07, 6.45) is 2.54. The molecule has 0 aromatic heterocycles. The van der Waals surface area contributed by atoms with Crippen molar-refractivity contribution in [3.8, 4) is 5.75 Å². The van der Waals surface area contributed by atoms with E-state index in [1.807, 2.05) is 12.1 Å². The van der Waals surface area contributed by atoms with Crippen LogP contribution in [0.3, 0.4) is 0 Å². The maximum atomic E-state index is 11.7. The molecule has 1 fully saturated rings. The van der Waals surface area contributed by atoms with E-state index in [-0.39, 0.29) is 24.9 Å². The minimum atomic E-state index is -0.430. The fraction of sp³-hybridized carbons (Fsp3) is 0.500. The highest BCUT2D eigenvalue weighted by atomic mass is 35.5. The first kappa shape index (κ1) is 19.3. The van der Waals surface area contributed by atoms with E-state index in [1.54, 1.807) is 12.1 Å². The van der Waals surface area contributed by atoms with Crippen LogP contribution in [0.4, 0.5) is 0 Å². The van der Waals surface area contributed by atoms with Crippen molar-refractivity contribution in [1.29, 1.82) is 0 Å². The summed E-state index contributed by atoms with van der Waals surface area (Å²) in [4.78, 5) is 22.7. The van der Waals surface area contributed by atoms with E-state index in [0.29, 0.717) is 18.8 Å². The van der Waals surface area contributed by atoms with Gasteiger partial charge in [-0.05, 0) is 43.0 Å². The zero-order valence-corrected chi connectivity index (χ0v) is 14.0. The highest BCUT2D eigenvalue weighted by molar-refractivity contribution is 5.85. The van der Waals surface area contributed by atoms with Crippen LogP contribution in [0.1, 0.15) is 18.4 Å². The van der Waals surface area contributed by atoms with E-state index in [2.05, 4.69) is 15.4 Å². The SMILES string of the molecule is COC(=O)COc1cccc(CNC(=O)CNCC2CC2)c1.Cl. The van der Waals surface area contributed by atoms with Gasteiger partial charge in [0.05, 0.1) is 13.7 Å². The summed E-state index contributed by atoms with van der Waals surface area (Å²) in [5.41, 5.74) is 0.915. The summed E-state index contributed by atoms with van der Waals surface area (Å²) < 4.78 is 9.82. The molecule has 0 spiro atoms. The van der Waals surface area contributed by atoms with Gasteiger partial charge in [0.2, 0.25) is 5.91 Å². The molecule has 2 rings (SSSR count). The number of esters is 1. The maximum Gasteiger partial charge on any atom is 0.343 e. The van der Waals surface area contributed by atoms with Crippen molar-refractivity contribution in [1.82, 2.24) is 10.6 Å². The third-order valence-electron chi connectivity index (χ3n) is 3.39. The van der Waals surface area contributed by atoms with Crippen LogP contribution in [0, 0.1) is 5.92 Å².